The van der Waals surface area contributed by atoms with Crippen LogP contribution >= 0.6 is 11.8 Å². The highest BCUT2D eigenvalue weighted by Gasteiger charge is 2.42. The SMILES string of the molecule is CSc1ccccc1NC(=O)CN(C)C(=O)[C@@H]1CC(=O)N([C@@H]2CCC[C@H](C)[C@@H]2C)C1. The zero-order chi connectivity index (χ0) is 21.8. The molecule has 1 aliphatic heterocycles. The fourth-order valence-corrected chi connectivity index (χ4v) is 5.31. The van der Waals surface area contributed by atoms with Crippen LogP contribution in [0.15, 0.2) is 29.2 Å². The van der Waals surface area contributed by atoms with Crippen molar-refractivity contribution < 1.29 is 14.4 Å². The van der Waals surface area contributed by atoms with Crippen LogP contribution in [0.1, 0.15) is 39.5 Å². The van der Waals surface area contributed by atoms with E-state index < -0.39 is 0 Å². The van der Waals surface area contributed by atoms with E-state index in [1.54, 1.807) is 18.8 Å². The summed E-state index contributed by atoms with van der Waals surface area (Å²) < 4.78 is 0. The number of likely N-dealkylation sites (tertiary alicyclic amines) is 1. The van der Waals surface area contributed by atoms with Gasteiger partial charge in [-0.05, 0) is 36.6 Å². The highest BCUT2D eigenvalue weighted by molar-refractivity contribution is 7.98. The lowest BCUT2D eigenvalue weighted by atomic mass is 9.77. The van der Waals surface area contributed by atoms with Crippen LogP contribution in [-0.4, -0.2) is 60.0 Å². The van der Waals surface area contributed by atoms with Gasteiger partial charge in [-0.1, -0.05) is 38.8 Å². The summed E-state index contributed by atoms with van der Waals surface area (Å²) in [5.74, 6) is 0.404. The number of thioether (sulfide) groups is 1. The summed E-state index contributed by atoms with van der Waals surface area (Å²) >= 11 is 1.56. The molecule has 3 rings (SSSR count). The van der Waals surface area contributed by atoms with Crippen LogP contribution < -0.4 is 5.32 Å². The maximum Gasteiger partial charge on any atom is 0.244 e. The maximum absolute atomic E-state index is 12.9. The smallest absolute Gasteiger partial charge is 0.244 e. The number of para-hydroxylation sites is 1. The number of nitrogens with zero attached hydrogens (tertiary/aromatic N) is 2. The van der Waals surface area contributed by atoms with Crippen LogP contribution in [0, 0.1) is 17.8 Å². The molecule has 1 aromatic carbocycles. The fraction of sp³-hybridized carbons (Fsp3) is 0.609. The monoisotopic (exact) mass is 431 g/mol. The molecule has 164 valence electrons. The number of rotatable bonds is 6. The largest absolute Gasteiger partial charge is 0.339 e. The van der Waals surface area contributed by atoms with E-state index in [1.165, 1.54) is 11.3 Å². The third-order valence-corrected chi connectivity index (χ3v) is 7.51. The standard InChI is InChI=1S/C23H33N3O3S/c1-15-8-7-10-19(16(15)2)26-13-17(12-22(26)28)23(29)25(3)14-21(27)24-18-9-5-6-11-20(18)30-4/h5-6,9,11,15-17,19H,7-8,10,12-14H2,1-4H3,(H,24,27)/t15-,16-,17+,19+/m0/s1. The first-order valence-corrected chi connectivity index (χ1v) is 12.0. The molecule has 0 aromatic heterocycles. The van der Waals surface area contributed by atoms with E-state index in [1.807, 2.05) is 35.4 Å². The Morgan fingerprint density at radius 3 is 2.70 bits per heavy atom. The summed E-state index contributed by atoms with van der Waals surface area (Å²) in [6, 6.07) is 7.83. The van der Waals surface area contributed by atoms with E-state index in [0.717, 1.165) is 23.4 Å². The van der Waals surface area contributed by atoms with Gasteiger partial charge in [-0.3, -0.25) is 14.4 Å². The molecule has 2 fully saturated rings. The average molecular weight is 432 g/mol. The summed E-state index contributed by atoms with van der Waals surface area (Å²) in [5, 5.41) is 2.89. The zero-order valence-corrected chi connectivity index (χ0v) is 19.2. The van der Waals surface area contributed by atoms with Gasteiger partial charge in [0.05, 0.1) is 18.2 Å². The molecule has 1 saturated carbocycles. The first-order chi connectivity index (χ1) is 14.3. The lowest BCUT2D eigenvalue weighted by molar-refractivity contribution is -0.137. The number of nitrogens with one attached hydrogen (secondary N) is 1. The van der Waals surface area contributed by atoms with Crippen molar-refractivity contribution in [1.82, 2.24) is 9.80 Å². The summed E-state index contributed by atoms with van der Waals surface area (Å²) in [5.41, 5.74) is 0.749. The predicted molar refractivity (Wildman–Crippen MR) is 120 cm³/mol. The number of carbonyl (C=O) groups is 3. The minimum Gasteiger partial charge on any atom is -0.339 e. The highest BCUT2D eigenvalue weighted by Crippen LogP contribution is 2.36. The number of amides is 3. The number of hydrogen-bond donors (Lipinski definition) is 1. The van der Waals surface area contributed by atoms with Gasteiger partial charge >= 0.3 is 0 Å². The van der Waals surface area contributed by atoms with Gasteiger partial charge in [-0.25, -0.2) is 0 Å². The van der Waals surface area contributed by atoms with Gasteiger partial charge in [0.1, 0.15) is 0 Å². The summed E-state index contributed by atoms with van der Waals surface area (Å²) in [4.78, 5) is 42.4. The molecule has 3 amide bonds. The van der Waals surface area contributed by atoms with Gasteiger partial charge in [-0.2, -0.15) is 0 Å². The summed E-state index contributed by atoms with van der Waals surface area (Å²) in [6.07, 6.45) is 5.57. The second-order valence-electron chi connectivity index (χ2n) is 8.72. The van der Waals surface area contributed by atoms with E-state index in [9.17, 15) is 14.4 Å². The fourth-order valence-electron chi connectivity index (χ4n) is 4.75. The van der Waals surface area contributed by atoms with Crippen LogP contribution in [0.4, 0.5) is 5.69 Å². The quantitative estimate of drug-likeness (QED) is 0.700. The second kappa shape index (κ2) is 9.86. The first kappa shape index (κ1) is 22.7. The van der Waals surface area contributed by atoms with Crippen LogP contribution in [0.5, 0.6) is 0 Å². The minimum absolute atomic E-state index is 0.0247. The van der Waals surface area contributed by atoms with Crippen molar-refractivity contribution >= 4 is 35.2 Å². The molecular formula is C23H33N3O3S. The first-order valence-electron chi connectivity index (χ1n) is 10.8. The van der Waals surface area contributed by atoms with Gasteiger partial charge in [-0.15, -0.1) is 11.8 Å². The lowest BCUT2D eigenvalue weighted by Gasteiger charge is -2.40. The molecule has 6 nitrogen and oxygen atoms in total. The second-order valence-corrected chi connectivity index (χ2v) is 9.57. The third-order valence-electron chi connectivity index (χ3n) is 6.71. The summed E-state index contributed by atoms with van der Waals surface area (Å²) in [7, 11) is 1.64. The molecular weight excluding hydrogens is 398 g/mol. The Hall–Kier alpha value is -2.02. The van der Waals surface area contributed by atoms with Crippen LogP contribution in [0.25, 0.3) is 0 Å². The number of hydrogen-bond acceptors (Lipinski definition) is 4. The van der Waals surface area contributed by atoms with Crippen LogP contribution in [0.3, 0.4) is 0 Å². The number of carbonyl (C=O) groups excluding carboxylic acids is 3. The average Bonchev–Trinajstić information content (AvgIpc) is 3.11. The van der Waals surface area contributed by atoms with Gasteiger partial charge in [0, 0.05) is 31.0 Å². The molecule has 1 aromatic rings. The molecule has 1 heterocycles. The Labute approximate surface area is 183 Å². The van der Waals surface area contributed by atoms with Gasteiger partial charge < -0.3 is 15.1 Å². The molecule has 2 aliphatic rings. The third kappa shape index (κ3) is 4.99. The van der Waals surface area contributed by atoms with E-state index in [4.69, 9.17) is 0 Å². The Bertz CT molecular complexity index is 800. The van der Waals surface area contributed by atoms with Crippen molar-refractivity contribution in [2.24, 2.45) is 17.8 Å². The number of benzene rings is 1. The summed E-state index contributed by atoms with van der Waals surface area (Å²) in [6.45, 7) is 4.92. The van der Waals surface area contributed by atoms with Crippen LogP contribution in [0.2, 0.25) is 0 Å². The Balaban J connectivity index is 1.57. The molecule has 30 heavy (non-hydrogen) atoms. The highest BCUT2D eigenvalue weighted by atomic mass is 32.2. The zero-order valence-electron chi connectivity index (χ0n) is 18.4. The molecule has 1 saturated heterocycles. The van der Waals surface area contributed by atoms with Crippen molar-refractivity contribution in [1.29, 1.82) is 0 Å². The normalized spacial score (nSPS) is 26.5. The van der Waals surface area contributed by atoms with Crippen molar-refractivity contribution in [2.45, 2.75) is 50.5 Å². The molecule has 4 atom stereocenters. The molecule has 0 radical (unpaired) electrons. The van der Waals surface area contributed by atoms with Crippen molar-refractivity contribution in [3.63, 3.8) is 0 Å². The molecule has 1 aliphatic carbocycles. The topological polar surface area (TPSA) is 69.7 Å². The molecule has 0 unspecified atom stereocenters. The van der Waals surface area contributed by atoms with E-state index >= 15 is 0 Å². The van der Waals surface area contributed by atoms with E-state index in [2.05, 4.69) is 19.2 Å². The van der Waals surface area contributed by atoms with Gasteiger partial charge in [0.25, 0.3) is 0 Å². The van der Waals surface area contributed by atoms with Gasteiger partial charge in [0.15, 0.2) is 0 Å². The predicted octanol–water partition coefficient (Wildman–Crippen LogP) is 3.48. The molecule has 7 heteroatoms. The number of anilines is 1. The van der Waals surface area contributed by atoms with E-state index in [0.29, 0.717) is 18.4 Å². The van der Waals surface area contributed by atoms with Crippen molar-refractivity contribution in [3.05, 3.63) is 24.3 Å². The Morgan fingerprint density at radius 1 is 1.23 bits per heavy atom. The lowest BCUT2D eigenvalue weighted by Crippen LogP contribution is -2.45. The molecule has 0 bridgehead atoms. The Morgan fingerprint density at radius 2 is 1.97 bits per heavy atom. The van der Waals surface area contributed by atoms with Crippen molar-refractivity contribution in [3.8, 4) is 0 Å². The van der Waals surface area contributed by atoms with Crippen LogP contribution in [-0.2, 0) is 14.4 Å². The maximum atomic E-state index is 12.9. The number of likely N-dealkylation sites (N-methyl/N-ethyl adjacent to an activating group) is 1. The molecule has 1 N–H and O–H groups in total. The Kier molecular flexibility index (Phi) is 7.45. The minimum atomic E-state index is -0.363. The van der Waals surface area contributed by atoms with E-state index in [-0.39, 0.29) is 42.6 Å². The van der Waals surface area contributed by atoms with Gasteiger partial charge in [0.2, 0.25) is 17.7 Å². The van der Waals surface area contributed by atoms with Crippen molar-refractivity contribution in [2.75, 3.05) is 31.7 Å². The molecule has 0 spiro atoms.